The third kappa shape index (κ3) is 3.85. The van der Waals surface area contributed by atoms with Gasteiger partial charge in [-0.25, -0.2) is 9.37 Å². The molecule has 0 unspecified atom stereocenters. The van der Waals surface area contributed by atoms with Crippen LogP contribution in [0.2, 0.25) is 0 Å². The molecule has 8 heteroatoms. The van der Waals surface area contributed by atoms with Gasteiger partial charge in [0.1, 0.15) is 5.82 Å². The summed E-state index contributed by atoms with van der Waals surface area (Å²) in [6.45, 7) is 2.79. The van der Waals surface area contributed by atoms with Crippen molar-refractivity contribution in [2.24, 2.45) is 5.73 Å². The van der Waals surface area contributed by atoms with Crippen molar-refractivity contribution in [2.75, 3.05) is 10.6 Å². The predicted octanol–water partition coefficient (Wildman–Crippen LogP) is 3.41. The quantitative estimate of drug-likeness (QED) is 0.638. The summed E-state index contributed by atoms with van der Waals surface area (Å²) in [4.78, 5) is 13.7. The lowest BCUT2D eigenvalue weighted by Gasteiger charge is -2.26. The van der Waals surface area contributed by atoms with E-state index < -0.39 is 0 Å². The van der Waals surface area contributed by atoms with Gasteiger partial charge < -0.3 is 20.9 Å². The molecule has 0 bridgehead atoms. The van der Waals surface area contributed by atoms with Gasteiger partial charge in [0, 0.05) is 24.3 Å². The number of rotatable bonds is 5. The standard InChI is InChI=1S/C19H24FN7/c1-2-27-11-22-16-17(23-15-5-3-4-12(20)10-15)25-19(26-18(16)27)24-14-8-6-13(21)7-9-14/h3-5,10-11,13-14H,2,6-9,21H2,1H3,(H2,23,24,25,26). The van der Waals surface area contributed by atoms with Gasteiger partial charge in [-0.2, -0.15) is 9.97 Å². The number of halogens is 1. The molecule has 142 valence electrons. The van der Waals surface area contributed by atoms with Crippen molar-refractivity contribution in [3.8, 4) is 0 Å². The zero-order chi connectivity index (χ0) is 18.8. The molecule has 1 fully saturated rings. The number of aryl methyl sites for hydroxylation is 1. The van der Waals surface area contributed by atoms with Gasteiger partial charge in [-0.05, 0) is 50.8 Å². The van der Waals surface area contributed by atoms with E-state index in [1.54, 1.807) is 18.5 Å². The van der Waals surface area contributed by atoms with E-state index >= 15 is 0 Å². The maximum Gasteiger partial charge on any atom is 0.227 e. The molecule has 0 atom stereocenters. The summed E-state index contributed by atoms with van der Waals surface area (Å²) in [6, 6.07) is 6.89. The Bertz CT molecular complexity index is 931. The van der Waals surface area contributed by atoms with E-state index in [2.05, 4.69) is 25.6 Å². The molecule has 0 amide bonds. The minimum Gasteiger partial charge on any atom is -0.351 e. The van der Waals surface area contributed by atoms with Crippen molar-refractivity contribution in [1.29, 1.82) is 0 Å². The Kier molecular flexibility index (Phi) is 4.89. The Morgan fingerprint density at radius 1 is 1.22 bits per heavy atom. The largest absolute Gasteiger partial charge is 0.351 e. The van der Waals surface area contributed by atoms with Crippen LogP contribution in [0.4, 0.5) is 21.8 Å². The number of imidazole rings is 1. The number of anilines is 3. The summed E-state index contributed by atoms with van der Waals surface area (Å²) in [6.07, 6.45) is 5.76. The monoisotopic (exact) mass is 369 g/mol. The number of nitrogens with one attached hydrogen (secondary N) is 2. The van der Waals surface area contributed by atoms with Gasteiger partial charge in [0.2, 0.25) is 5.95 Å². The first-order valence-corrected chi connectivity index (χ1v) is 9.40. The fourth-order valence-corrected chi connectivity index (χ4v) is 3.48. The third-order valence-electron chi connectivity index (χ3n) is 5.00. The van der Waals surface area contributed by atoms with Crippen LogP contribution in [0.5, 0.6) is 0 Å². The Morgan fingerprint density at radius 3 is 2.78 bits per heavy atom. The molecule has 1 aromatic carbocycles. The predicted molar refractivity (Wildman–Crippen MR) is 105 cm³/mol. The van der Waals surface area contributed by atoms with E-state index in [1.165, 1.54) is 12.1 Å². The van der Waals surface area contributed by atoms with Crippen molar-refractivity contribution < 1.29 is 4.39 Å². The van der Waals surface area contributed by atoms with Gasteiger partial charge in [0.25, 0.3) is 0 Å². The maximum atomic E-state index is 13.5. The molecule has 1 aliphatic carbocycles. The lowest BCUT2D eigenvalue weighted by Crippen LogP contribution is -2.33. The van der Waals surface area contributed by atoms with E-state index in [0.717, 1.165) is 37.9 Å². The molecular formula is C19H24FN7. The number of hydrogen-bond donors (Lipinski definition) is 3. The van der Waals surface area contributed by atoms with Crippen molar-refractivity contribution in [3.05, 3.63) is 36.4 Å². The fourth-order valence-electron chi connectivity index (χ4n) is 3.48. The zero-order valence-electron chi connectivity index (χ0n) is 15.3. The Morgan fingerprint density at radius 2 is 2.04 bits per heavy atom. The summed E-state index contributed by atoms with van der Waals surface area (Å²) < 4.78 is 15.5. The Hall–Kier alpha value is -2.74. The van der Waals surface area contributed by atoms with Crippen LogP contribution >= 0.6 is 0 Å². The molecule has 2 heterocycles. The van der Waals surface area contributed by atoms with Gasteiger partial charge in [0.05, 0.1) is 6.33 Å². The summed E-state index contributed by atoms with van der Waals surface area (Å²) in [5, 5.41) is 6.62. The minimum atomic E-state index is -0.304. The number of nitrogens with two attached hydrogens (primary N) is 1. The average molecular weight is 369 g/mol. The van der Waals surface area contributed by atoms with Crippen LogP contribution in [0.25, 0.3) is 11.2 Å². The maximum absolute atomic E-state index is 13.5. The summed E-state index contributed by atoms with van der Waals surface area (Å²) in [5.41, 5.74) is 8.04. The average Bonchev–Trinajstić information content (AvgIpc) is 3.07. The number of fused-ring (bicyclic) bond motifs is 1. The number of benzene rings is 1. The molecule has 0 saturated heterocycles. The molecule has 27 heavy (non-hydrogen) atoms. The summed E-state index contributed by atoms with van der Waals surface area (Å²) in [7, 11) is 0. The van der Waals surface area contributed by atoms with Gasteiger partial charge in [-0.3, -0.25) is 0 Å². The molecular weight excluding hydrogens is 345 g/mol. The number of hydrogen-bond acceptors (Lipinski definition) is 6. The normalized spacial score (nSPS) is 20.0. The van der Waals surface area contributed by atoms with Crippen LogP contribution in [0.3, 0.4) is 0 Å². The highest BCUT2D eigenvalue weighted by Gasteiger charge is 2.20. The lowest BCUT2D eigenvalue weighted by atomic mass is 9.92. The first-order valence-electron chi connectivity index (χ1n) is 9.40. The fraction of sp³-hybridized carbons (Fsp3) is 0.421. The third-order valence-corrected chi connectivity index (χ3v) is 5.00. The molecule has 7 nitrogen and oxygen atoms in total. The van der Waals surface area contributed by atoms with Crippen molar-refractivity contribution in [1.82, 2.24) is 19.5 Å². The number of aromatic nitrogens is 4. The zero-order valence-corrected chi connectivity index (χ0v) is 15.3. The molecule has 0 aliphatic heterocycles. The van der Waals surface area contributed by atoms with E-state index in [0.29, 0.717) is 29.0 Å². The van der Waals surface area contributed by atoms with Crippen LogP contribution in [0.1, 0.15) is 32.6 Å². The Labute approximate surface area is 157 Å². The molecule has 0 spiro atoms. The smallest absolute Gasteiger partial charge is 0.227 e. The van der Waals surface area contributed by atoms with E-state index in [-0.39, 0.29) is 11.9 Å². The molecule has 2 aromatic heterocycles. The molecule has 3 aromatic rings. The summed E-state index contributed by atoms with van der Waals surface area (Å²) >= 11 is 0. The van der Waals surface area contributed by atoms with Crippen LogP contribution < -0.4 is 16.4 Å². The number of nitrogens with zero attached hydrogens (tertiary/aromatic N) is 4. The van der Waals surface area contributed by atoms with Crippen LogP contribution in [0, 0.1) is 5.82 Å². The highest BCUT2D eigenvalue weighted by molar-refractivity contribution is 5.86. The molecule has 1 saturated carbocycles. The Balaban J connectivity index is 1.67. The van der Waals surface area contributed by atoms with Crippen molar-refractivity contribution in [2.45, 2.75) is 51.2 Å². The first-order chi connectivity index (χ1) is 13.1. The highest BCUT2D eigenvalue weighted by Crippen LogP contribution is 2.26. The van der Waals surface area contributed by atoms with E-state index in [4.69, 9.17) is 5.73 Å². The van der Waals surface area contributed by atoms with Crippen LogP contribution in [-0.4, -0.2) is 31.6 Å². The molecule has 4 rings (SSSR count). The second-order valence-corrected chi connectivity index (χ2v) is 6.99. The molecule has 0 radical (unpaired) electrons. The van der Waals surface area contributed by atoms with Crippen molar-refractivity contribution in [3.63, 3.8) is 0 Å². The topological polar surface area (TPSA) is 93.7 Å². The second-order valence-electron chi connectivity index (χ2n) is 6.99. The minimum absolute atomic E-state index is 0.290. The van der Waals surface area contributed by atoms with Crippen LogP contribution in [0.15, 0.2) is 30.6 Å². The highest BCUT2D eigenvalue weighted by atomic mass is 19.1. The van der Waals surface area contributed by atoms with Gasteiger partial charge in [-0.15, -0.1) is 0 Å². The van der Waals surface area contributed by atoms with E-state index in [1.807, 2.05) is 11.5 Å². The van der Waals surface area contributed by atoms with E-state index in [9.17, 15) is 4.39 Å². The first kappa shape index (κ1) is 17.7. The molecule has 1 aliphatic rings. The SMILES string of the molecule is CCn1cnc2c(Nc3cccc(F)c3)nc(NC3CCC(N)CC3)nc21. The molecule has 4 N–H and O–H groups in total. The van der Waals surface area contributed by atoms with Gasteiger partial charge in [0.15, 0.2) is 17.0 Å². The van der Waals surface area contributed by atoms with Crippen LogP contribution in [-0.2, 0) is 6.54 Å². The van der Waals surface area contributed by atoms with Gasteiger partial charge >= 0.3 is 0 Å². The van der Waals surface area contributed by atoms with Gasteiger partial charge in [-0.1, -0.05) is 6.07 Å². The van der Waals surface area contributed by atoms with Crippen molar-refractivity contribution >= 4 is 28.6 Å². The summed E-state index contributed by atoms with van der Waals surface area (Å²) in [5.74, 6) is 0.811. The lowest BCUT2D eigenvalue weighted by molar-refractivity contribution is 0.410. The second kappa shape index (κ2) is 7.48.